The van der Waals surface area contributed by atoms with Gasteiger partial charge in [0, 0.05) is 18.8 Å². The molecule has 3 rings (SSSR count). The fourth-order valence-electron chi connectivity index (χ4n) is 4.10. The molecule has 0 saturated carbocycles. The minimum Gasteiger partial charge on any atom is -0.478 e. The zero-order valence-corrected chi connectivity index (χ0v) is 16.1. The highest BCUT2D eigenvalue weighted by atomic mass is 32.2. The number of rotatable bonds is 5. The minimum atomic E-state index is -4.08. The molecule has 10 nitrogen and oxygen atoms in total. The lowest BCUT2D eigenvalue weighted by Crippen LogP contribution is -2.63. The van der Waals surface area contributed by atoms with E-state index in [1.54, 1.807) is 0 Å². The molecule has 2 aliphatic heterocycles. The van der Waals surface area contributed by atoms with Gasteiger partial charge in [0.2, 0.25) is 10.9 Å². The van der Waals surface area contributed by atoms with E-state index in [1.807, 2.05) is 0 Å². The second-order valence-electron chi connectivity index (χ2n) is 7.18. The summed E-state index contributed by atoms with van der Waals surface area (Å²) in [5, 5.41) is 15.0. The molecule has 150 valence electrons. The van der Waals surface area contributed by atoms with Crippen LogP contribution in [-0.4, -0.2) is 76.5 Å². The average Bonchev–Trinajstić information content (AvgIpc) is 3.05. The number of nitrogens with zero attached hydrogens (tertiary/aromatic N) is 3. The van der Waals surface area contributed by atoms with Crippen LogP contribution in [0.15, 0.2) is 5.03 Å². The van der Waals surface area contributed by atoms with Crippen molar-refractivity contribution in [3.63, 3.8) is 0 Å². The predicted molar refractivity (Wildman–Crippen MR) is 95.6 cm³/mol. The summed E-state index contributed by atoms with van der Waals surface area (Å²) in [5.41, 5.74) is 4.71. The molecule has 27 heavy (non-hydrogen) atoms. The van der Waals surface area contributed by atoms with E-state index in [9.17, 15) is 23.1 Å². The van der Waals surface area contributed by atoms with Gasteiger partial charge in [0.25, 0.3) is 10.0 Å². The molecule has 2 aliphatic rings. The molecule has 0 bridgehead atoms. The average molecular weight is 399 g/mol. The van der Waals surface area contributed by atoms with Crippen molar-refractivity contribution in [2.75, 3.05) is 26.2 Å². The highest BCUT2D eigenvalue weighted by molar-refractivity contribution is 7.89. The Hall–Kier alpha value is -1.98. The number of aromatic nitrogens is 2. The van der Waals surface area contributed by atoms with Crippen LogP contribution in [0.3, 0.4) is 0 Å². The van der Waals surface area contributed by atoms with Gasteiger partial charge in [-0.05, 0) is 45.7 Å². The van der Waals surface area contributed by atoms with E-state index in [4.69, 9.17) is 5.73 Å². The Kier molecular flexibility index (Phi) is 5.28. The maximum Gasteiger partial charge on any atom is 0.340 e. The van der Waals surface area contributed by atoms with Gasteiger partial charge in [-0.25, -0.2) is 13.2 Å². The van der Waals surface area contributed by atoms with Crippen LogP contribution in [0.2, 0.25) is 0 Å². The van der Waals surface area contributed by atoms with E-state index in [0.29, 0.717) is 0 Å². The number of likely N-dealkylation sites (tertiary alicyclic amines) is 1. The Labute approximate surface area is 157 Å². The normalized spacial score (nSPS) is 21.8. The van der Waals surface area contributed by atoms with Crippen molar-refractivity contribution in [2.24, 2.45) is 5.73 Å². The van der Waals surface area contributed by atoms with Gasteiger partial charge in [0.1, 0.15) is 11.1 Å². The lowest BCUT2D eigenvalue weighted by molar-refractivity contribution is -0.134. The van der Waals surface area contributed by atoms with E-state index in [-0.39, 0.29) is 37.2 Å². The summed E-state index contributed by atoms with van der Waals surface area (Å²) in [6.07, 6.45) is 3.67. The van der Waals surface area contributed by atoms with Crippen LogP contribution in [0, 0.1) is 6.92 Å². The van der Waals surface area contributed by atoms with Crippen molar-refractivity contribution in [3.8, 4) is 0 Å². The molecule has 2 fully saturated rings. The highest BCUT2D eigenvalue weighted by Crippen LogP contribution is 2.34. The number of hydrogen-bond acceptors (Lipinski definition) is 6. The standard InChI is InChI=1S/C16H25N5O5S/c1-11-12(14(22)23)13(19-18-11)27(25,26)21-9-5-16(6-10-21,15(17)24)20-7-3-2-4-8-20/h2-10H2,1H3,(H2,17,24)(H,18,19)(H,22,23). The Bertz CT molecular complexity index is 835. The first-order valence-electron chi connectivity index (χ1n) is 9.03. The van der Waals surface area contributed by atoms with Crippen molar-refractivity contribution >= 4 is 21.9 Å². The number of hydrogen-bond donors (Lipinski definition) is 3. The third kappa shape index (κ3) is 3.34. The van der Waals surface area contributed by atoms with Gasteiger partial charge >= 0.3 is 5.97 Å². The van der Waals surface area contributed by atoms with Crippen LogP contribution in [0.1, 0.15) is 48.2 Å². The molecule has 4 N–H and O–H groups in total. The Morgan fingerprint density at radius 1 is 1.15 bits per heavy atom. The molecule has 0 radical (unpaired) electrons. The van der Waals surface area contributed by atoms with Crippen molar-refractivity contribution < 1.29 is 23.1 Å². The molecular formula is C16H25N5O5S. The first-order valence-corrected chi connectivity index (χ1v) is 10.5. The number of carbonyl (C=O) groups is 2. The monoisotopic (exact) mass is 399 g/mol. The van der Waals surface area contributed by atoms with Crippen LogP contribution in [0.25, 0.3) is 0 Å². The molecule has 1 aromatic heterocycles. The number of carboxylic acid groups (broad SMARTS) is 1. The number of primary amides is 1. The van der Waals surface area contributed by atoms with Crippen LogP contribution in [0.4, 0.5) is 0 Å². The SMILES string of the molecule is Cc1[nH]nc(S(=O)(=O)N2CCC(C(N)=O)(N3CCCCC3)CC2)c1C(=O)O. The van der Waals surface area contributed by atoms with Gasteiger partial charge in [-0.15, -0.1) is 0 Å². The van der Waals surface area contributed by atoms with Crippen LogP contribution < -0.4 is 5.73 Å². The fraction of sp³-hybridized carbons (Fsp3) is 0.688. The number of carbonyl (C=O) groups excluding carboxylic acids is 1. The second-order valence-corrected chi connectivity index (χ2v) is 9.03. The van der Waals surface area contributed by atoms with E-state index in [1.165, 1.54) is 11.2 Å². The van der Waals surface area contributed by atoms with E-state index in [0.717, 1.165) is 32.4 Å². The predicted octanol–water partition coefficient (Wildman–Crippen LogP) is -0.0892. The third-order valence-corrected chi connectivity index (χ3v) is 7.51. The molecule has 0 unspecified atom stereocenters. The van der Waals surface area contributed by atoms with Crippen molar-refractivity contribution in [2.45, 2.75) is 49.6 Å². The number of nitrogens with one attached hydrogen (secondary N) is 1. The first kappa shape index (κ1) is 19.8. The van der Waals surface area contributed by atoms with Gasteiger partial charge < -0.3 is 10.8 Å². The number of carboxylic acids is 1. The summed E-state index contributed by atoms with van der Waals surface area (Å²) < 4.78 is 27.1. The third-order valence-electron chi connectivity index (χ3n) is 5.68. The molecule has 1 amide bonds. The van der Waals surface area contributed by atoms with Gasteiger partial charge in [-0.2, -0.15) is 9.40 Å². The van der Waals surface area contributed by atoms with Crippen LogP contribution in [-0.2, 0) is 14.8 Å². The highest BCUT2D eigenvalue weighted by Gasteiger charge is 2.47. The maximum atomic E-state index is 12.9. The zero-order chi connectivity index (χ0) is 19.8. The summed E-state index contributed by atoms with van der Waals surface area (Å²) in [4.78, 5) is 25.8. The number of H-pyrrole nitrogens is 1. The largest absolute Gasteiger partial charge is 0.478 e. The van der Waals surface area contributed by atoms with Crippen LogP contribution in [0.5, 0.6) is 0 Å². The van der Waals surface area contributed by atoms with Crippen molar-refractivity contribution in [1.82, 2.24) is 19.4 Å². The smallest absolute Gasteiger partial charge is 0.340 e. The molecule has 1 aromatic rings. The minimum absolute atomic E-state index is 0.0900. The molecule has 0 atom stereocenters. The molecule has 0 aliphatic carbocycles. The number of sulfonamides is 1. The Balaban J connectivity index is 1.84. The Morgan fingerprint density at radius 2 is 1.74 bits per heavy atom. The number of aryl methyl sites for hydroxylation is 1. The zero-order valence-electron chi connectivity index (χ0n) is 15.3. The fourth-order valence-corrected chi connectivity index (χ4v) is 5.67. The lowest BCUT2D eigenvalue weighted by Gasteiger charge is -2.47. The van der Waals surface area contributed by atoms with Gasteiger partial charge in [0.15, 0.2) is 0 Å². The first-order chi connectivity index (χ1) is 12.7. The number of amides is 1. The summed E-state index contributed by atoms with van der Waals surface area (Å²) in [6.45, 7) is 3.19. The Morgan fingerprint density at radius 3 is 2.26 bits per heavy atom. The molecule has 0 aromatic carbocycles. The summed E-state index contributed by atoms with van der Waals surface area (Å²) >= 11 is 0. The number of aromatic carboxylic acids is 1. The van der Waals surface area contributed by atoms with Crippen molar-refractivity contribution in [1.29, 1.82) is 0 Å². The van der Waals surface area contributed by atoms with E-state index < -0.39 is 32.5 Å². The van der Waals surface area contributed by atoms with Gasteiger partial charge in [-0.1, -0.05) is 6.42 Å². The van der Waals surface area contributed by atoms with E-state index in [2.05, 4.69) is 15.1 Å². The number of piperidine rings is 2. The topological polar surface area (TPSA) is 150 Å². The quantitative estimate of drug-likeness (QED) is 0.626. The molecule has 2 saturated heterocycles. The number of aromatic amines is 1. The number of nitrogens with two attached hydrogens (primary N) is 1. The molecule has 11 heteroatoms. The molecule has 3 heterocycles. The molecule has 0 spiro atoms. The van der Waals surface area contributed by atoms with Crippen LogP contribution >= 0.6 is 0 Å². The van der Waals surface area contributed by atoms with Gasteiger partial charge in [0.05, 0.1) is 0 Å². The second kappa shape index (κ2) is 7.21. The maximum absolute atomic E-state index is 12.9. The summed E-state index contributed by atoms with van der Waals surface area (Å²) in [7, 11) is -4.08. The summed E-state index contributed by atoms with van der Waals surface area (Å²) in [6, 6.07) is 0. The van der Waals surface area contributed by atoms with Crippen molar-refractivity contribution in [3.05, 3.63) is 11.3 Å². The lowest BCUT2D eigenvalue weighted by atomic mass is 9.84. The molecular weight excluding hydrogens is 374 g/mol. The summed E-state index contributed by atoms with van der Waals surface area (Å²) in [5.74, 6) is -1.78. The van der Waals surface area contributed by atoms with Gasteiger partial charge in [-0.3, -0.25) is 14.8 Å². The van der Waals surface area contributed by atoms with E-state index >= 15 is 0 Å².